The molecule has 0 bridgehead atoms. The third-order valence-corrected chi connectivity index (χ3v) is 3.55. The first-order chi connectivity index (χ1) is 8.18. The van der Waals surface area contributed by atoms with Crippen molar-refractivity contribution in [1.29, 1.82) is 0 Å². The Morgan fingerprint density at radius 2 is 2.24 bits per heavy atom. The van der Waals surface area contributed by atoms with Crippen molar-refractivity contribution >= 4 is 23.3 Å². The predicted octanol–water partition coefficient (Wildman–Crippen LogP) is 3.27. The van der Waals surface area contributed by atoms with Gasteiger partial charge in [-0.3, -0.25) is 0 Å². The second-order valence-electron chi connectivity index (χ2n) is 4.43. The highest BCUT2D eigenvalue weighted by Crippen LogP contribution is 2.29. The van der Waals surface area contributed by atoms with Gasteiger partial charge in [0, 0.05) is 5.69 Å². The number of rotatable bonds is 4. The molecule has 4 heteroatoms. The summed E-state index contributed by atoms with van der Waals surface area (Å²) in [6, 6.07) is 5.00. The number of hydrogen-bond donors (Lipinski definition) is 1. The van der Waals surface area contributed by atoms with Crippen molar-refractivity contribution in [3.63, 3.8) is 0 Å². The zero-order chi connectivity index (χ0) is 12.3. The monoisotopic (exact) mass is 253 g/mol. The van der Waals surface area contributed by atoms with Crippen molar-refractivity contribution in [1.82, 2.24) is 0 Å². The van der Waals surface area contributed by atoms with Crippen LogP contribution in [0.3, 0.4) is 0 Å². The minimum atomic E-state index is -0.424. The molecule has 0 amide bonds. The summed E-state index contributed by atoms with van der Waals surface area (Å²) in [5, 5.41) is 0.346. The van der Waals surface area contributed by atoms with E-state index in [1.165, 1.54) is 19.3 Å². The first-order valence-corrected chi connectivity index (χ1v) is 6.27. The van der Waals surface area contributed by atoms with E-state index in [1.54, 1.807) is 18.2 Å². The number of anilines is 1. The van der Waals surface area contributed by atoms with Crippen molar-refractivity contribution in [3.05, 3.63) is 28.8 Å². The van der Waals surface area contributed by atoms with E-state index in [0.29, 0.717) is 17.3 Å². The Morgan fingerprint density at radius 1 is 1.47 bits per heavy atom. The van der Waals surface area contributed by atoms with Crippen molar-refractivity contribution in [2.75, 3.05) is 12.3 Å². The van der Waals surface area contributed by atoms with Gasteiger partial charge in [-0.25, -0.2) is 4.79 Å². The number of ether oxygens (including phenoxy) is 1. The number of nitrogen functional groups attached to an aromatic ring is 1. The summed E-state index contributed by atoms with van der Waals surface area (Å²) in [4.78, 5) is 11.8. The molecule has 1 aromatic carbocycles. The largest absolute Gasteiger partial charge is 0.462 e. The van der Waals surface area contributed by atoms with E-state index < -0.39 is 5.97 Å². The van der Waals surface area contributed by atoms with Gasteiger partial charge < -0.3 is 10.5 Å². The lowest BCUT2D eigenvalue weighted by molar-refractivity contribution is 0.0466. The van der Waals surface area contributed by atoms with Crippen LogP contribution in [0.1, 0.15) is 36.0 Å². The van der Waals surface area contributed by atoms with E-state index in [0.717, 1.165) is 12.3 Å². The lowest BCUT2D eigenvalue weighted by Crippen LogP contribution is -2.16. The molecule has 17 heavy (non-hydrogen) atoms. The van der Waals surface area contributed by atoms with Gasteiger partial charge in [-0.2, -0.15) is 0 Å². The predicted molar refractivity (Wildman–Crippen MR) is 68.1 cm³/mol. The molecular weight excluding hydrogens is 238 g/mol. The average Bonchev–Trinajstić information content (AvgIpc) is 2.21. The molecule has 0 spiro atoms. The molecule has 1 aromatic rings. The molecule has 0 aliphatic heterocycles. The van der Waals surface area contributed by atoms with Crippen LogP contribution in [-0.4, -0.2) is 12.6 Å². The number of halogens is 1. The molecule has 2 rings (SSSR count). The lowest BCUT2D eigenvalue weighted by atomic mass is 9.83. The van der Waals surface area contributed by atoms with Crippen molar-refractivity contribution in [2.45, 2.75) is 25.7 Å². The van der Waals surface area contributed by atoms with Crippen LogP contribution in [0.15, 0.2) is 18.2 Å². The van der Waals surface area contributed by atoms with Crippen LogP contribution >= 0.6 is 11.6 Å². The van der Waals surface area contributed by atoms with Crippen LogP contribution in [0, 0.1) is 5.92 Å². The van der Waals surface area contributed by atoms with E-state index in [2.05, 4.69) is 0 Å². The van der Waals surface area contributed by atoms with Gasteiger partial charge in [-0.15, -0.1) is 0 Å². The first kappa shape index (κ1) is 12.2. The molecule has 1 aliphatic rings. The molecule has 0 saturated heterocycles. The van der Waals surface area contributed by atoms with E-state index in [1.807, 2.05) is 0 Å². The van der Waals surface area contributed by atoms with E-state index >= 15 is 0 Å². The Morgan fingerprint density at radius 3 is 2.82 bits per heavy atom. The highest BCUT2D eigenvalue weighted by molar-refractivity contribution is 6.34. The zero-order valence-corrected chi connectivity index (χ0v) is 10.4. The van der Waals surface area contributed by atoms with Gasteiger partial charge in [-0.1, -0.05) is 36.9 Å². The normalized spacial score (nSPS) is 15.4. The fourth-order valence-electron chi connectivity index (χ4n) is 1.93. The fourth-order valence-corrected chi connectivity index (χ4v) is 2.19. The quantitative estimate of drug-likeness (QED) is 0.662. The van der Waals surface area contributed by atoms with Crippen LogP contribution in [0.4, 0.5) is 5.69 Å². The van der Waals surface area contributed by atoms with Crippen molar-refractivity contribution < 1.29 is 9.53 Å². The van der Waals surface area contributed by atoms with E-state index in [9.17, 15) is 4.79 Å². The number of nitrogens with two attached hydrogens (primary N) is 1. The van der Waals surface area contributed by atoms with Gasteiger partial charge in [-0.05, 0) is 24.5 Å². The van der Waals surface area contributed by atoms with E-state index in [-0.39, 0.29) is 5.56 Å². The van der Waals surface area contributed by atoms with Crippen LogP contribution in [-0.2, 0) is 4.74 Å². The maximum Gasteiger partial charge on any atom is 0.341 e. The number of hydrogen-bond acceptors (Lipinski definition) is 3. The average molecular weight is 254 g/mol. The zero-order valence-electron chi connectivity index (χ0n) is 9.62. The van der Waals surface area contributed by atoms with Gasteiger partial charge in [0.2, 0.25) is 0 Å². The summed E-state index contributed by atoms with van der Waals surface area (Å²) in [7, 11) is 0. The molecule has 2 N–H and O–H groups in total. The summed E-state index contributed by atoms with van der Waals surface area (Å²) in [6.07, 6.45) is 4.75. The Labute approximate surface area is 106 Å². The molecule has 0 heterocycles. The third kappa shape index (κ3) is 2.91. The molecule has 0 atom stereocenters. The molecule has 92 valence electrons. The van der Waals surface area contributed by atoms with Crippen LogP contribution in [0.5, 0.6) is 0 Å². The molecule has 1 aliphatic carbocycles. The fraction of sp³-hybridized carbons (Fsp3) is 0.462. The van der Waals surface area contributed by atoms with Crippen LogP contribution in [0.25, 0.3) is 0 Å². The molecule has 0 unspecified atom stereocenters. The SMILES string of the molecule is Nc1cccc(Cl)c1C(=O)OCCC1CCC1. The second-order valence-corrected chi connectivity index (χ2v) is 4.83. The number of benzene rings is 1. The smallest absolute Gasteiger partial charge is 0.341 e. The van der Waals surface area contributed by atoms with Crippen LogP contribution in [0.2, 0.25) is 5.02 Å². The summed E-state index contributed by atoms with van der Waals surface area (Å²) < 4.78 is 5.19. The maximum absolute atomic E-state index is 11.8. The Kier molecular flexibility index (Phi) is 3.89. The number of esters is 1. The van der Waals surface area contributed by atoms with Gasteiger partial charge in [0.1, 0.15) is 5.56 Å². The Bertz CT molecular complexity index is 396. The minimum Gasteiger partial charge on any atom is -0.462 e. The highest BCUT2D eigenvalue weighted by atomic mass is 35.5. The number of carbonyl (C=O) groups is 1. The maximum atomic E-state index is 11.8. The standard InChI is InChI=1S/C13H16ClNO2/c14-10-5-2-6-11(15)12(10)13(16)17-8-7-9-3-1-4-9/h2,5-6,9H,1,3-4,7-8,15H2. The van der Waals surface area contributed by atoms with Gasteiger partial charge >= 0.3 is 5.97 Å². The molecule has 0 aromatic heterocycles. The third-order valence-electron chi connectivity index (χ3n) is 3.23. The minimum absolute atomic E-state index is 0.280. The van der Waals surface area contributed by atoms with E-state index in [4.69, 9.17) is 22.1 Å². The van der Waals surface area contributed by atoms with Crippen molar-refractivity contribution in [2.24, 2.45) is 5.92 Å². The molecule has 1 saturated carbocycles. The lowest BCUT2D eigenvalue weighted by Gasteiger charge is -2.24. The van der Waals surface area contributed by atoms with Gasteiger partial charge in [0.25, 0.3) is 0 Å². The topological polar surface area (TPSA) is 52.3 Å². The molecule has 0 radical (unpaired) electrons. The summed E-state index contributed by atoms with van der Waals surface area (Å²) in [5.41, 5.74) is 6.35. The summed E-state index contributed by atoms with van der Waals surface area (Å²) in [5.74, 6) is 0.304. The van der Waals surface area contributed by atoms with Crippen molar-refractivity contribution in [3.8, 4) is 0 Å². The molecular formula is C13H16ClNO2. The molecule has 1 fully saturated rings. The number of carbonyl (C=O) groups excluding carboxylic acids is 1. The van der Waals surface area contributed by atoms with Crippen LogP contribution < -0.4 is 5.73 Å². The molecule has 3 nitrogen and oxygen atoms in total. The second kappa shape index (κ2) is 5.41. The Hall–Kier alpha value is -1.22. The summed E-state index contributed by atoms with van der Waals surface area (Å²) in [6.45, 7) is 0.453. The van der Waals surface area contributed by atoms with Gasteiger partial charge in [0.05, 0.1) is 11.6 Å². The Balaban J connectivity index is 1.90. The van der Waals surface area contributed by atoms with Gasteiger partial charge in [0.15, 0.2) is 0 Å². The highest BCUT2D eigenvalue weighted by Gasteiger charge is 2.19. The first-order valence-electron chi connectivity index (χ1n) is 5.89. The summed E-state index contributed by atoms with van der Waals surface area (Å²) >= 11 is 5.92.